The molecule has 1 fully saturated rings. The fourth-order valence-corrected chi connectivity index (χ4v) is 4.40. The maximum atomic E-state index is 11.6. The predicted molar refractivity (Wildman–Crippen MR) is 136 cm³/mol. The van der Waals surface area contributed by atoms with Crippen molar-refractivity contribution in [2.45, 2.75) is 63.9 Å². The third-order valence-electron chi connectivity index (χ3n) is 5.47. The Morgan fingerprint density at radius 2 is 1.67 bits per heavy atom. The molecule has 0 aromatic heterocycles. The maximum Gasteiger partial charge on any atom is 0.191 e. The second-order valence-corrected chi connectivity index (χ2v) is 10.3. The van der Waals surface area contributed by atoms with E-state index in [1.54, 1.807) is 12.1 Å². The van der Waals surface area contributed by atoms with Crippen LogP contribution in [0.5, 0.6) is 0 Å². The van der Waals surface area contributed by atoms with Crippen molar-refractivity contribution in [3.05, 3.63) is 29.8 Å². The van der Waals surface area contributed by atoms with Crippen LogP contribution in [0.4, 0.5) is 0 Å². The normalized spacial score (nSPS) is 17.2. The summed E-state index contributed by atoms with van der Waals surface area (Å²) in [5.41, 5.74) is 0.988. The van der Waals surface area contributed by atoms with Gasteiger partial charge in [0.05, 0.1) is 11.4 Å². The number of halogens is 1. The number of aliphatic imine (C=N–C) groups is 1. The maximum absolute atomic E-state index is 11.6. The molecule has 1 aliphatic rings. The Morgan fingerprint density at radius 3 is 2.17 bits per heavy atom. The van der Waals surface area contributed by atoms with Crippen molar-refractivity contribution < 1.29 is 8.42 Å². The van der Waals surface area contributed by atoms with Gasteiger partial charge in [-0.15, -0.1) is 24.0 Å². The molecule has 1 aromatic rings. The van der Waals surface area contributed by atoms with Crippen molar-refractivity contribution in [3.8, 4) is 0 Å². The Hall–Kier alpha value is -0.870. The standard InChI is InChI=1S/C22H38N4O2S.HI/c1-5-23-22(24-16-19-10-12-20(13-11-19)29(4,27)28)25-17-21(18(2)3)26-14-8-6-7-9-15-26;/h10-13,18,21H,5-9,14-17H2,1-4H3,(H2,23,24,25);1H. The van der Waals surface area contributed by atoms with E-state index in [1.807, 2.05) is 12.1 Å². The molecule has 2 N–H and O–H groups in total. The van der Waals surface area contributed by atoms with Crippen LogP contribution in [0.1, 0.15) is 52.0 Å². The van der Waals surface area contributed by atoms with Crippen molar-refractivity contribution in [1.29, 1.82) is 0 Å². The zero-order valence-corrected chi connectivity index (χ0v) is 22.0. The molecule has 2 rings (SSSR count). The molecule has 1 unspecified atom stereocenters. The van der Waals surface area contributed by atoms with Gasteiger partial charge in [-0.25, -0.2) is 13.4 Å². The number of rotatable bonds is 8. The van der Waals surface area contributed by atoms with Gasteiger partial charge in [-0.3, -0.25) is 4.90 Å². The predicted octanol–water partition coefficient (Wildman–Crippen LogP) is 3.66. The molecule has 1 aromatic carbocycles. The van der Waals surface area contributed by atoms with Crippen molar-refractivity contribution in [2.24, 2.45) is 10.9 Å². The highest BCUT2D eigenvalue weighted by Crippen LogP contribution is 2.17. The van der Waals surface area contributed by atoms with E-state index in [0.29, 0.717) is 23.4 Å². The Balaban J connectivity index is 0.00000450. The van der Waals surface area contributed by atoms with Gasteiger partial charge >= 0.3 is 0 Å². The van der Waals surface area contributed by atoms with Crippen LogP contribution in [0, 0.1) is 5.92 Å². The Morgan fingerprint density at radius 1 is 1.07 bits per heavy atom. The van der Waals surface area contributed by atoms with Gasteiger partial charge < -0.3 is 10.6 Å². The van der Waals surface area contributed by atoms with Crippen LogP contribution < -0.4 is 10.6 Å². The lowest BCUT2D eigenvalue weighted by molar-refractivity contribution is 0.161. The molecule has 1 heterocycles. The first-order chi connectivity index (χ1) is 13.8. The van der Waals surface area contributed by atoms with Gasteiger partial charge in [0.1, 0.15) is 0 Å². The average Bonchev–Trinajstić information content (AvgIpc) is 2.95. The van der Waals surface area contributed by atoms with Gasteiger partial charge in [-0.1, -0.05) is 38.8 Å². The molecule has 0 amide bonds. The molecule has 8 heteroatoms. The highest BCUT2D eigenvalue weighted by molar-refractivity contribution is 14.0. The zero-order chi connectivity index (χ0) is 21.3. The lowest BCUT2D eigenvalue weighted by atomic mass is 10.0. The van der Waals surface area contributed by atoms with E-state index >= 15 is 0 Å². The molecule has 0 aliphatic carbocycles. The summed E-state index contributed by atoms with van der Waals surface area (Å²) in [6.45, 7) is 11.2. The topological polar surface area (TPSA) is 73.8 Å². The summed E-state index contributed by atoms with van der Waals surface area (Å²) in [5.74, 6) is 1.38. The first kappa shape index (κ1) is 27.2. The number of hydrogen-bond acceptors (Lipinski definition) is 4. The molecule has 1 aliphatic heterocycles. The smallest absolute Gasteiger partial charge is 0.191 e. The fraction of sp³-hybridized carbons (Fsp3) is 0.682. The number of likely N-dealkylation sites (tertiary alicyclic amines) is 1. The van der Waals surface area contributed by atoms with Crippen LogP contribution in [0.3, 0.4) is 0 Å². The number of nitrogens with zero attached hydrogens (tertiary/aromatic N) is 2. The molecular formula is C22H39IN4O2S. The summed E-state index contributed by atoms with van der Waals surface area (Å²) in [4.78, 5) is 7.67. The minimum Gasteiger partial charge on any atom is -0.357 e. The van der Waals surface area contributed by atoms with E-state index in [9.17, 15) is 8.42 Å². The minimum atomic E-state index is -3.16. The van der Waals surface area contributed by atoms with Crippen LogP contribution in [-0.2, 0) is 16.4 Å². The Labute approximate surface area is 200 Å². The van der Waals surface area contributed by atoms with Gasteiger partial charge in [0, 0.05) is 25.4 Å². The molecule has 172 valence electrons. The minimum absolute atomic E-state index is 0. The quantitative estimate of drug-likeness (QED) is 0.294. The summed E-state index contributed by atoms with van der Waals surface area (Å²) in [6, 6.07) is 7.45. The summed E-state index contributed by atoms with van der Waals surface area (Å²) in [7, 11) is -3.16. The van der Waals surface area contributed by atoms with Crippen LogP contribution in [0.15, 0.2) is 34.2 Å². The average molecular weight is 551 g/mol. The van der Waals surface area contributed by atoms with Crippen LogP contribution >= 0.6 is 24.0 Å². The van der Waals surface area contributed by atoms with Gasteiger partial charge in [-0.05, 0) is 56.5 Å². The highest BCUT2D eigenvalue weighted by atomic mass is 127. The number of sulfone groups is 1. The second-order valence-electron chi connectivity index (χ2n) is 8.25. The lowest BCUT2D eigenvalue weighted by Gasteiger charge is -2.34. The van der Waals surface area contributed by atoms with E-state index in [1.165, 1.54) is 45.0 Å². The van der Waals surface area contributed by atoms with Crippen molar-refractivity contribution in [2.75, 3.05) is 32.4 Å². The van der Waals surface area contributed by atoms with Crippen molar-refractivity contribution in [3.63, 3.8) is 0 Å². The second kappa shape index (κ2) is 13.5. The number of benzene rings is 1. The third-order valence-corrected chi connectivity index (χ3v) is 6.60. The van der Waals surface area contributed by atoms with Crippen molar-refractivity contribution in [1.82, 2.24) is 15.5 Å². The summed E-state index contributed by atoms with van der Waals surface area (Å²) < 4.78 is 23.2. The van der Waals surface area contributed by atoms with Gasteiger partial charge in [0.2, 0.25) is 0 Å². The molecule has 0 radical (unpaired) electrons. The summed E-state index contributed by atoms with van der Waals surface area (Å²) in [5, 5.41) is 6.85. The number of guanidine groups is 1. The molecule has 0 spiro atoms. The van der Waals surface area contributed by atoms with E-state index in [-0.39, 0.29) is 24.0 Å². The van der Waals surface area contributed by atoms with Crippen LogP contribution in [0.25, 0.3) is 0 Å². The van der Waals surface area contributed by atoms with E-state index < -0.39 is 9.84 Å². The molecule has 1 saturated heterocycles. The highest BCUT2D eigenvalue weighted by Gasteiger charge is 2.22. The van der Waals surface area contributed by atoms with Gasteiger partial charge in [0.15, 0.2) is 15.8 Å². The zero-order valence-electron chi connectivity index (χ0n) is 18.9. The molecular weight excluding hydrogens is 511 g/mol. The van der Waals surface area contributed by atoms with E-state index in [4.69, 9.17) is 4.99 Å². The van der Waals surface area contributed by atoms with Crippen LogP contribution in [0.2, 0.25) is 0 Å². The monoisotopic (exact) mass is 550 g/mol. The fourth-order valence-electron chi connectivity index (χ4n) is 3.77. The first-order valence-corrected chi connectivity index (χ1v) is 12.8. The Kier molecular flexibility index (Phi) is 12.2. The Bertz CT molecular complexity index is 743. The number of nitrogens with one attached hydrogen (secondary N) is 2. The molecule has 0 bridgehead atoms. The SMILES string of the molecule is CCNC(=NCc1ccc(S(C)(=O)=O)cc1)NCC(C(C)C)N1CCCCCC1.I. The first-order valence-electron chi connectivity index (χ1n) is 10.9. The molecule has 6 nitrogen and oxygen atoms in total. The summed E-state index contributed by atoms with van der Waals surface area (Å²) in [6.07, 6.45) is 6.50. The van der Waals surface area contributed by atoms with Crippen molar-refractivity contribution >= 4 is 39.8 Å². The largest absolute Gasteiger partial charge is 0.357 e. The van der Waals surface area contributed by atoms with E-state index in [2.05, 4.69) is 36.3 Å². The van der Waals surface area contributed by atoms with Gasteiger partial charge in [0.25, 0.3) is 0 Å². The summed E-state index contributed by atoms with van der Waals surface area (Å²) >= 11 is 0. The molecule has 30 heavy (non-hydrogen) atoms. The van der Waals surface area contributed by atoms with Crippen LogP contribution in [-0.4, -0.2) is 57.8 Å². The van der Waals surface area contributed by atoms with Gasteiger partial charge in [-0.2, -0.15) is 0 Å². The number of hydrogen-bond donors (Lipinski definition) is 2. The molecule has 0 saturated carbocycles. The van der Waals surface area contributed by atoms with E-state index in [0.717, 1.165) is 24.6 Å². The molecule has 1 atom stereocenters. The third kappa shape index (κ3) is 9.09. The lowest BCUT2D eigenvalue weighted by Crippen LogP contribution is -2.49.